The predicted octanol–water partition coefficient (Wildman–Crippen LogP) is 3.50. The van der Waals surface area contributed by atoms with Crippen LogP contribution in [-0.4, -0.2) is 35.7 Å². The van der Waals surface area contributed by atoms with Crippen molar-refractivity contribution in [2.45, 2.75) is 58.2 Å². The summed E-state index contributed by atoms with van der Waals surface area (Å²) >= 11 is 1.59. The second-order valence-corrected chi connectivity index (χ2v) is 7.91. The maximum atomic E-state index is 12.3. The zero-order valence-electron chi connectivity index (χ0n) is 14.1. The molecule has 1 atom stereocenters. The predicted molar refractivity (Wildman–Crippen MR) is 91.3 cm³/mol. The van der Waals surface area contributed by atoms with Gasteiger partial charge in [0.1, 0.15) is 11.7 Å². The molecule has 1 aliphatic heterocycles. The molecule has 6 heteroatoms. The lowest BCUT2D eigenvalue weighted by atomic mass is 10.1. The van der Waals surface area contributed by atoms with Gasteiger partial charge in [-0.2, -0.15) is 5.26 Å². The number of nitrogens with zero attached hydrogens (tertiary/aromatic N) is 2. The van der Waals surface area contributed by atoms with E-state index in [1.54, 1.807) is 11.3 Å². The second-order valence-electron chi connectivity index (χ2n) is 6.91. The molecule has 2 rings (SSSR count). The van der Waals surface area contributed by atoms with Crippen LogP contribution in [0.1, 0.15) is 50.5 Å². The lowest BCUT2D eigenvalue weighted by Crippen LogP contribution is -2.44. The molecule has 0 aliphatic carbocycles. The summed E-state index contributed by atoms with van der Waals surface area (Å²) < 4.78 is 5.49. The number of amides is 1. The Hall–Kier alpha value is -1.58. The Balaban J connectivity index is 1.89. The van der Waals surface area contributed by atoms with Gasteiger partial charge in [-0.1, -0.05) is 6.42 Å². The number of hydrogen-bond acceptors (Lipinski definition) is 5. The fourth-order valence-electron chi connectivity index (χ4n) is 2.58. The number of carbonyl (C=O) groups is 1. The van der Waals surface area contributed by atoms with E-state index < -0.39 is 5.60 Å². The lowest BCUT2D eigenvalue weighted by Gasteiger charge is -2.28. The van der Waals surface area contributed by atoms with Gasteiger partial charge in [0.15, 0.2) is 0 Å². The summed E-state index contributed by atoms with van der Waals surface area (Å²) in [4.78, 5) is 15.2. The zero-order chi connectivity index (χ0) is 16.9. The van der Waals surface area contributed by atoms with Gasteiger partial charge in [0.05, 0.1) is 5.56 Å². The SMILES string of the molecule is CC(C)(C)OC(=O)N1CCCCC(NCc2cc(C#N)cs2)C1. The number of nitrogens with one attached hydrogen (secondary N) is 1. The van der Waals surface area contributed by atoms with Crippen molar-refractivity contribution in [2.24, 2.45) is 0 Å². The topological polar surface area (TPSA) is 65.4 Å². The van der Waals surface area contributed by atoms with Gasteiger partial charge >= 0.3 is 6.09 Å². The average molecular weight is 335 g/mol. The van der Waals surface area contributed by atoms with E-state index in [1.165, 1.54) is 0 Å². The lowest BCUT2D eigenvalue weighted by molar-refractivity contribution is 0.0243. The molecule has 1 aromatic heterocycles. The van der Waals surface area contributed by atoms with Crippen molar-refractivity contribution in [3.05, 3.63) is 21.9 Å². The van der Waals surface area contributed by atoms with Crippen molar-refractivity contribution in [3.8, 4) is 6.07 Å². The molecular formula is C17H25N3O2S. The average Bonchev–Trinajstić information content (AvgIpc) is 2.80. The molecule has 1 aliphatic rings. The smallest absolute Gasteiger partial charge is 0.410 e. The van der Waals surface area contributed by atoms with Crippen LogP contribution in [0.2, 0.25) is 0 Å². The van der Waals surface area contributed by atoms with Crippen LogP contribution in [0, 0.1) is 11.3 Å². The number of likely N-dealkylation sites (tertiary alicyclic amines) is 1. The number of carbonyl (C=O) groups excluding carboxylic acids is 1. The summed E-state index contributed by atoms with van der Waals surface area (Å²) in [7, 11) is 0. The minimum Gasteiger partial charge on any atom is -0.444 e. The van der Waals surface area contributed by atoms with Crippen molar-refractivity contribution < 1.29 is 9.53 Å². The Morgan fingerprint density at radius 2 is 2.30 bits per heavy atom. The molecule has 0 saturated carbocycles. The van der Waals surface area contributed by atoms with Crippen LogP contribution >= 0.6 is 11.3 Å². The summed E-state index contributed by atoms with van der Waals surface area (Å²) in [5.74, 6) is 0. The minimum atomic E-state index is -0.461. The maximum absolute atomic E-state index is 12.3. The van der Waals surface area contributed by atoms with E-state index in [-0.39, 0.29) is 12.1 Å². The van der Waals surface area contributed by atoms with E-state index in [0.717, 1.165) is 37.2 Å². The van der Waals surface area contributed by atoms with E-state index in [9.17, 15) is 4.79 Å². The first kappa shape index (κ1) is 17.8. The monoisotopic (exact) mass is 335 g/mol. The maximum Gasteiger partial charge on any atom is 0.410 e. The molecule has 1 fully saturated rings. The molecule has 1 amide bonds. The summed E-state index contributed by atoms with van der Waals surface area (Å²) in [6, 6.07) is 4.33. The molecule has 23 heavy (non-hydrogen) atoms. The molecule has 1 unspecified atom stereocenters. The van der Waals surface area contributed by atoms with Crippen molar-refractivity contribution >= 4 is 17.4 Å². The first-order valence-electron chi connectivity index (χ1n) is 8.06. The Bertz CT molecular complexity index is 571. The molecule has 0 spiro atoms. The van der Waals surface area contributed by atoms with E-state index in [0.29, 0.717) is 12.1 Å². The third-order valence-corrected chi connectivity index (χ3v) is 4.61. The molecule has 0 aromatic carbocycles. The highest BCUT2D eigenvalue weighted by atomic mass is 32.1. The summed E-state index contributed by atoms with van der Waals surface area (Å²) in [6.07, 6.45) is 2.93. The Labute approximate surface area is 142 Å². The van der Waals surface area contributed by atoms with Gasteiger partial charge in [-0.15, -0.1) is 11.3 Å². The molecule has 1 saturated heterocycles. The second kappa shape index (κ2) is 7.80. The summed E-state index contributed by atoms with van der Waals surface area (Å²) in [6.45, 7) is 7.83. The Kier molecular flexibility index (Phi) is 6.03. The van der Waals surface area contributed by atoms with Gasteiger partial charge in [0.2, 0.25) is 0 Å². The highest BCUT2D eigenvalue weighted by Gasteiger charge is 2.26. The van der Waals surface area contributed by atoms with Crippen LogP contribution in [-0.2, 0) is 11.3 Å². The van der Waals surface area contributed by atoms with Crippen molar-refractivity contribution in [1.82, 2.24) is 10.2 Å². The molecule has 1 N–H and O–H groups in total. The van der Waals surface area contributed by atoms with Crippen molar-refractivity contribution in [1.29, 1.82) is 5.26 Å². The van der Waals surface area contributed by atoms with E-state index in [2.05, 4.69) is 11.4 Å². The van der Waals surface area contributed by atoms with Crippen LogP contribution in [0.15, 0.2) is 11.4 Å². The first-order chi connectivity index (χ1) is 10.9. The van der Waals surface area contributed by atoms with Crippen molar-refractivity contribution in [2.75, 3.05) is 13.1 Å². The van der Waals surface area contributed by atoms with Gasteiger partial charge in [-0.25, -0.2) is 4.79 Å². The highest BCUT2D eigenvalue weighted by Crippen LogP contribution is 2.17. The van der Waals surface area contributed by atoms with Crippen LogP contribution < -0.4 is 5.32 Å². The number of thiophene rings is 1. The van der Waals surface area contributed by atoms with Crippen LogP contribution in [0.3, 0.4) is 0 Å². The highest BCUT2D eigenvalue weighted by molar-refractivity contribution is 7.10. The summed E-state index contributed by atoms with van der Waals surface area (Å²) in [5, 5.41) is 14.3. The first-order valence-corrected chi connectivity index (χ1v) is 8.94. The number of ether oxygens (including phenoxy) is 1. The van der Waals surface area contributed by atoms with Crippen molar-refractivity contribution in [3.63, 3.8) is 0 Å². The normalized spacial score (nSPS) is 19.0. The van der Waals surface area contributed by atoms with Gasteiger partial charge in [0.25, 0.3) is 0 Å². The van der Waals surface area contributed by atoms with Gasteiger partial charge in [-0.3, -0.25) is 0 Å². The largest absolute Gasteiger partial charge is 0.444 e. The van der Waals surface area contributed by atoms with E-state index in [1.807, 2.05) is 37.1 Å². The standard InChI is InChI=1S/C17H25N3O2S/c1-17(2,3)22-16(21)20-7-5-4-6-14(11-20)19-10-15-8-13(9-18)12-23-15/h8,12,14,19H,4-7,10-11H2,1-3H3. The fraction of sp³-hybridized carbons (Fsp3) is 0.647. The van der Waals surface area contributed by atoms with Crippen LogP contribution in [0.4, 0.5) is 4.79 Å². The molecule has 126 valence electrons. The van der Waals surface area contributed by atoms with Crippen LogP contribution in [0.5, 0.6) is 0 Å². The Morgan fingerprint density at radius 3 is 2.96 bits per heavy atom. The Morgan fingerprint density at radius 1 is 1.52 bits per heavy atom. The number of rotatable bonds is 3. The molecule has 5 nitrogen and oxygen atoms in total. The minimum absolute atomic E-state index is 0.228. The molecule has 0 radical (unpaired) electrons. The van der Waals surface area contributed by atoms with Gasteiger partial charge in [-0.05, 0) is 39.7 Å². The molecular weight excluding hydrogens is 310 g/mol. The number of nitriles is 1. The third-order valence-electron chi connectivity index (χ3n) is 3.67. The van der Waals surface area contributed by atoms with Gasteiger partial charge in [0, 0.05) is 35.9 Å². The molecule has 0 bridgehead atoms. The quantitative estimate of drug-likeness (QED) is 0.918. The van der Waals surface area contributed by atoms with E-state index in [4.69, 9.17) is 10.00 Å². The van der Waals surface area contributed by atoms with Gasteiger partial charge < -0.3 is 15.0 Å². The summed E-state index contributed by atoms with van der Waals surface area (Å²) in [5.41, 5.74) is 0.250. The third kappa shape index (κ3) is 5.85. The zero-order valence-corrected chi connectivity index (χ0v) is 14.9. The number of hydrogen-bond donors (Lipinski definition) is 1. The van der Waals surface area contributed by atoms with Crippen LogP contribution in [0.25, 0.3) is 0 Å². The fourth-order valence-corrected chi connectivity index (χ4v) is 3.34. The molecule has 1 aromatic rings. The molecule has 2 heterocycles. The van der Waals surface area contributed by atoms with E-state index >= 15 is 0 Å².